The van der Waals surface area contributed by atoms with E-state index in [0.717, 1.165) is 35.8 Å². The Morgan fingerprint density at radius 3 is 2.03 bits per heavy atom. The molecule has 2 aromatic carbocycles. The van der Waals surface area contributed by atoms with Gasteiger partial charge in [-0.2, -0.15) is 0 Å². The fraction of sp³-hybridized carbons (Fsp3) is 0.267. The molecular weight excluding hydrogens is 484 g/mol. The highest BCUT2D eigenvalue weighted by molar-refractivity contribution is 9.09. The van der Waals surface area contributed by atoms with Gasteiger partial charge >= 0.3 is 0 Å². The molecule has 4 aromatic rings. The number of rotatable bonds is 7. The Morgan fingerprint density at radius 2 is 1.50 bits per heavy atom. The Morgan fingerprint density at radius 1 is 0.882 bits per heavy atom. The Kier molecular flexibility index (Phi) is 7.91. The standard InChI is InChI=1S/C15H16BrN.C15H17NO/c1-17-12-6-10-15(17)14(9-5-11-16)13-7-3-2-4-8-13;1-16-11-5-8-14(16)15(17,13-9-10-13)12-6-3-2-4-7-12/h2-4,6-10,12H,5,11H2,1H3;2-8,11,13,17H,9-10H2,1H3. The molecule has 3 nitrogen and oxygen atoms in total. The Bertz CT molecular complexity index is 1200. The highest BCUT2D eigenvalue weighted by Crippen LogP contribution is 2.49. The minimum Gasteiger partial charge on any atom is -0.379 e. The number of hydrogen-bond acceptors (Lipinski definition) is 1. The van der Waals surface area contributed by atoms with Crippen LogP contribution in [0.25, 0.3) is 5.57 Å². The van der Waals surface area contributed by atoms with Crippen molar-refractivity contribution in [2.75, 3.05) is 5.33 Å². The van der Waals surface area contributed by atoms with Gasteiger partial charge in [-0.05, 0) is 60.6 Å². The summed E-state index contributed by atoms with van der Waals surface area (Å²) in [6.45, 7) is 0. The zero-order valence-electron chi connectivity index (χ0n) is 19.9. The van der Waals surface area contributed by atoms with Gasteiger partial charge in [-0.15, -0.1) is 0 Å². The SMILES string of the molecule is Cn1cccc1C(=CCCBr)c1ccccc1.Cn1cccc1C(O)(c1ccccc1)C1CC1. The van der Waals surface area contributed by atoms with Crippen molar-refractivity contribution in [1.82, 2.24) is 9.13 Å². The van der Waals surface area contributed by atoms with E-state index in [1.165, 1.54) is 16.8 Å². The minimum atomic E-state index is -0.820. The third-order valence-electron chi connectivity index (χ3n) is 6.48. The molecule has 0 bridgehead atoms. The molecule has 1 saturated carbocycles. The fourth-order valence-corrected chi connectivity index (χ4v) is 4.80. The summed E-state index contributed by atoms with van der Waals surface area (Å²) in [4.78, 5) is 0. The lowest BCUT2D eigenvalue weighted by Crippen LogP contribution is -2.32. The number of aryl methyl sites for hydroxylation is 2. The molecule has 4 heteroatoms. The van der Waals surface area contributed by atoms with Gasteiger partial charge < -0.3 is 14.2 Å². The van der Waals surface area contributed by atoms with Crippen molar-refractivity contribution in [2.24, 2.45) is 20.0 Å². The second-order valence-electron chi connectivity index (χ2n) is 8.88. The van der Waals surface area contributed by atoms with Gasteiger partial charge in [-0.25, -0.2) is 0 Å². The van der Waals surface area contributed by atoms with Crippen LogP contribution in [-0.2, 0) is 19.7 Å². The molecule has 1 atom stereocenters. The molecule has 34 heavy (non-hydrogen) atoms. The summed E-state index contributed by atoms with van der Waals surface area (Å²) in [5, 5.41) is 12.1. The summed E-state index contributed by atoms with van der Waals surface area (Å²) >= 11 is 3.48. The van der Waals surface area contributed by atoms with Crippen LogP contribution in [0.3, 0.4) is 0 Å². The van der Waals surface area contributed by atoms with Gasteiger partial charge in [0.25, 0.3) is 0 Å². The highest BCUT2D eigenvalue weighted by atomic mass is 79.9. The number of benzene rings is 2. The van der Waals surface area contributed by atoms with Gasteiger partial charge in [-0.3, -0.25) is 0 Å². The second-order valence-corrected chi connectivity index (χ2v) is 9.67. The predicted octanol–water partition coefficient (Wildman–Crippen LogP) is 6.91. The molecule has 1 fully saturated rings. The molecule has 1 unspecified atom stereocenters. The van der Waals surface area contributed by atoms with Crippen molar-refractivity contribution in [2.45, 2.75) is 24.9 Å². The van der Waals surface area contributed by atoms with Crippen LogP contribution in [0.4, 0.5) is 0 Å². The minimum absolute atomic E-state index is 0.360. The van der Waals surface area contributed by atoms with Gasteiger partial charge in [-0.1, -0.05) is 82.7 Å². The third-order valence-corrected chi connectivity index (χ3v) is 6.94. The number of nitrogens with zero attached hydrogens (tertiary/aromatic N) is 2. The van der Waals surface area contributed by atoms with Gasteiger partial charge in [0.05, 0.1) is 5.69 Å². The number of hydrogen-bond donors (Lipinski definition) is 1. The summed E-state index contributed by atoms with van der Waals surface area (Å²) in [7, 11) is 4.08. The third kappa shape index (κ3) is 5.29. The van der Waals surface area contributed by atoms with Gasteiger partial charge in [0.15, 0.2) is 0 Å². The molecule has 2 aromatic heterocycles. The zero-order valence-corrected chi connectivity index (χ0v) is 21.5. The molecule has 1 aliphatic rings. The lowest BCUT2D eigenvalue weighted by atomic mass is 9.85. The first kappa shape index (κ1) is 24.3. The maximum Gasteiger partial charge on any atom is 0.132 e. The number of aromatic nitrogens is 2. The van der Waals surface area contributed by atoms with Gasteiger partial charge in [0.2, 0.25) is 0 Å². The van der Waals surface area contributed by atoms with E-state index < -0.39 is 5.60 Å². The lowest BCUT2D eigenvalue weighted by Gasteiger charge is -2.29. The fourth-order valence-electron chi connectivity index (χ4n) is 4.57. The van der Waals surface area contributed by atoms with E-state index in [1.807, 2.05) is 60.3 Å². The second kappa shape index (κ2) is 11.1. The van der Waals surface area contributed by atoms with E-state index in [9.17, 15) is 5.11 Å². The highest BCUT2D eigenvalue weighted by Gasteiger charge is 2.47. The molecule has 1 aliphatic carbocycles. The van der Waals surface area contributed by atoms with E-state index in [-0.39, 0.29) is 0 Å². The largest absolute Gasteiger partial charge is 0.379 e. The van der Waals surface area contributed by atoms with Gasteiger partial charge in [0, 0.05) is 43.1 Å². The van der Waals surface area contributed by atoms with E-state index in [0.29, 0.717) is 5.92 Å². The summed E-state index contributed by atoms with van der Waals surface area (Å²) < 4.78 is 4.18. The van der Waals surface area contributed by atoms with Crippen LogP contribution in [0.1, 0.15) is 41.8 Å². The van der Waals surface area contributed by atoms with Crippen LogP contribution in [0.2, 0.25) is 0 Å². The van der Waals surface area contributed by atoms with Crippen molar-refractivity contribution in [3.63, 3.8) is 0 Å². The van der Waals surface area contributed by atoms with Crippen molar-refractivity contribution in [1.29, 1.82) is 0 Å². The molecule has 0 radical (unpaired) electrons. The molecule has 0 aliphatic heterocycles. The number of alkyl halides is 1. The van der Waals surface area contributed by atoms with E-state index in [4.69, 9.17) is 0 Å². The first-order valence-corrected chi connectivity index (χ1v) is 13.0. The van der Waals surface area contributed by atoms with Crippen molar-refractivity contribution >= 4 is 21.5 Å². The van der Waals surface area contributed by atoms with Crippen LogP contribution in [0, 0.1) is 5.92 Å². The number of allylic oxidation sites excluding steroid dienone is 1. The van der Waals surface area contributed by atoms with E-state index >= 15 is 0 Å². The lowest BCUT2D eigenvalue weighted by molar-refractivity contribution is 0.0491. The van der Waals surface area contributed by atoms with Crippen molar-refractivity contribution in [3.8, 4) is 0 Å². The summed E-state index contributed by atoms with van der Waals surface area (Å²) in [6.07, 6.45) is 9.62. The molecule has 0 saturated heterocycles. The quantitative estimate of drug-likeness (QED) is 0.265. The summed E-state index contributed by atoms with van der Waals surface area (Å²) in [6, 6.07) is 28.8. The first-order valence-electron chi connectivity index (χ1n) is 11.9. The average molecular weight is 518 g/mol. The average Bonchev–Trinajstić information content (AvgIpc) is 3.52. The molecule has 176 valence electrons. The molecule has 0 spiro atoms. The number of aliphatic hydroxyl groups is 1. The molecule has 2 heterocycles. The Balaban J connectivity index is 0.000000161. The summed E-state index contributed by atoms with van der Waals surface area (Å²) in [5.41, 5.74) is 5.01. The van der Waals surface area contributed by atoms with Crippen LogP contribution in [0.5, 0.6) is 0 Å². The van der Waals surface area contributed by atoms with Gasteiger partial charge in [0.1, 0.15) is 5.60 Å². The monoisotopic (exact) mass is 516 g/mol. The number of halogens is 1. The van der Waals surface area contributed by atoms with E-state index in [2.05, 4.69) is 82.3 Å². The summed E-state index contributed by atoms with van der Waals surface area (Å²) in [5.74, 6) is 0.360. The molecular formula is C30H33BrN2O. The maximum absolute atomic E-state index is 11.1. The van der Waals surface area contributed by atoms with Crippen LogP contribution in [-0.4, -0.2) is 19.6 Å². The molecule has 5 rings (SSSR count). The maximum atomic E-state index is 11.1. The molecule has 1 N–H and O–H groups in total. The smallest absolute Gasteiger partial charge is 0.132 e. The Labute approximate surface area is 211 Å². The molecule has 0 amide bonds. The van der Waals surface area contributed by atoms with Crippen LogP contribution >= 0.6 is 15.9 Å². The van der Waals surface area contributed by atoms with Crippen molar-refractivity contribution < 1.29 is 5.11 Å². The predicted molar refractivity (Wildman–Crippen MR) is 145 cm³/mol. The Hall–Kier alpha value is -2.82. The van der Waals surface area contributed by atoms with Crippen LogP contribution < -0.4 is 0 Å². The van der Waals surface area contributed by atoms with Crippen molar-refractivity contribution in [3.05, 3.63) is 126 Å². The normalized spacial score (nSPS) is 15.4. The topological polar surface area (TPSA) is 30.1 Å². The van der Waals surface area contributed by atoms with E-state index in [1.54, 1.807) is 0 Å². The zero-order chi connectivity index (χ0) is 24.0. The van der Waals surface area contributed by atoms with Crippen LogP contribution in [0.15, 0.2) is 103 Å². The first-order chi connectivity index (χ1) is 16.6.